The predicted molar refractivity (Wildman–Crippen MR) is 200 cm³/mol. The van der Waals surface area contributed by atoms with Crippen LogP contribution in [0.5, 0.6) is 5.75 Å². The van der Waals surface area contributed by atoms with E-state index in [4.69, 9.17) is 9.73 Å². The topological polar surface area (TPSA) is 66.7 Å². The van der Waals surface area contributed by atoms with Gasteiger partial charge in [0.1, 0.15) is 12.4 Å². The molecule has 7 heteroatoms. The largest absolute Gasteiger partial charge is 0.489 e. The molecule has 0 fully saturated rings. The minimum absolute atomic E-state index is 0.470. The smallest absolute Gasteiger partial charge is 0.120 e. The van der Waals surface area contributed by atoms with Crippen LogP contribution in [0, 0.1) is 0 Å². The molecule has 5 aromatic rings. The van der Waals surface area contributed by atoms with E-state index >= 15 is 0 Å². The first-order chi connectivity index (χ1) is 24.1. The van der Waals surface area contributed by atoms with Crippen LogP contribution in [0.2, 0.25) is 0 Å². The lowest BCUT2D eigenvalue weighted by Crippen LogP contribution is -2.26. The molecule has 0 saturated heterocycles. The van der Waals surface area contributed by atoms with Gasteiger partial charge in [0.2, 0.25) is 0 Å². The molecule has 2 aromatic carbocycles. The van der Waals surface area contributed by atoms with Crippen LogP contribution in [0.25, 0.3) is 6.08 Å². The van der Waals surface area contributed by atoms with E-state index in [-0.39, 0.29) is 0 Å². The van der Waals surface area contributed by atoms with E-state index in [1.165, 1.54) is 0 Å². The Labute approximate surface area is 291 Å². The Hall–Kier alpha value is -5.24. The molecule has 3 heterocycles. The van der Waals surface area contributed by atoms with E-state index < -0.39 is 0 Å². The second-order valence-electron chi connectivity index (χ2n) is 12.0. The summed E-state index contributed by atoms with van der Waals surface area (Å²) in [5.41, 5.74) is 8.60. The van der Waals surface area contributed by atoms with Crippen LogP contribution in [0.15, 0.2) is 139 Å². The van der Waals surface area contributed by atoms with Gasteiger partial charge >= 0.3 is 0 Å². The lowest BCUT2D eigenvalue weighted by molar-refractivity contribution is 0.240. The highest BCUT2D eigenvalue weighted by Crippen LogP contribution is 2.24. The van der Waals surface area contributed by atoms with Crippen molar-refractivity contribution in [3.63, 3.8) is 0 Å². The van der Waals surface area contributed by atoms with Crippen LogP contribution in [0.1, 0.15) is 59.6 Å². The second-order valence-corrected chi connectivity index (χ2v) is 12.0. The molecule has 3 aromatic heterocycles. The summed E-state index contributed by atoms with van der Waals surface area (Å²) in [5, 5.41) is 0. The number of aromatic nitrogens is 3. The van der Waals surface area contributed by atoms with E-state index in [1.54, 1.807) is 0 Å². The highest BCUT2D eigenvalue weighted by molar-refractivity contribution is 5.58. The maximum atomic E-state index is 6.49. The number of nitrogens with zero attached hydrogens (tertiary/aromatic N) is 6. The normalized spacial score (nSPS) is 11.8. The van der Waals surface area contributed by atoms with Gasteiger partial charge in [0, 0.05) is 69.8 Å². The van der Waals surface area contributed by atoms with Gasteiger partial charge in [0.05, 0.1) is 17.1 Å². The molecular weight excluding hydrogens is 605 g/mol. The Kier molecular flexibility index (Phi) is 13.6. The van der Waals surface area contributed by atoms with Gasteiger partial charge in [-0.25, -0.2) is 0 Å². The molecule has 0 atom stereocenters. The van der Waals surface area contributed by atoms with Crippen molar-refractivity contribution < 1.29 is 4.74 Å². The maximum absolute atomic E-state index is 6.49. The number of hydrogen-bond acceptors (Lipinski definition) is 7. The van der Waals surface area contributed by atoms with Gasteiger partial charge in [0.25, 0.3) is 0 Å². The summed E-state index contributed by atoms with van der Waals surface area (Å²) in [7, 11) is 0. The highest BCUT2D eigenvalue weighted by atomic mass is 16.5. The molecule has 0 aliphatic rings. The van der Waals surface area contributed by atoms with Crippen LogP contribution in [0.3, 0.4) is 0 Å². The molecular formula is C42H46N6O. The fourth-order valence-electron chi connectivity index (χ4n) is 5.57. The first-order valence-corrected chi connectivity index (χ1v) is 16.9. The van der Waals surface area contributed by atoms with E-state index in [0.29, 0.717) is 45.9 Å². The Balaban J connectivity index is 1.45. The van der Waals surface area contributed by atoms with Crippen molar-refractivity contribution in [2.45, 2.75) is 59.6 Å². The average molecular weight is 651 g/mol. The van der Waals surface area contributed by atoms with Crippen molar-refractivity contribution in [3.05, 3.63) is 173 Å². The fourth-order valence-corrected chi connectivity index (χ4v) is 5.57. The Morgan fingerprint density at radius 3 is 1.73 bits per heavy atom. The first-order valence-electron chi connectivity index (χ1n) is 16.9. The van der Waals surface area contributed by atoms with E-state index in [0.717, 1.165) is 57.2 Å². The summed E-state index contributed by atoms with van der Waals surface area (Å²) in [6, 6.07) is 33.1. The van der Waals surface area contributed by atoms with Crippen molar-refractivity contribution >= 4 is 12.3 Å². The number of aliphatic imine (C=N–C) groups is 1. The van der Waals surface area contributed by atoms with Crippen molar-refractivity contribution in [1.82, 2.24) is 24.8 Å². The summed E-state index contributed by atoms with van der Waals surface area (Å²) in [5.74, 6) is 0.837. The number of rotatable bonds is 18. The highest BCUT2D eigenvalue weighted by Gasteiger charge is 2.15. The van der Waals surface area contributed by atoms with E-state index in [9.17, 15) is 0 Å². The molecule has 0 aliphatic heterocycles. The van der Waals surface area contributed by atoms with Gasteiger partial charge in [-0.05, 0) is 84.1 Å². The summed E-state index contributed by atoms with van der Waals surface area (Å²) in [6.45, 7) is 12.7. The summed E-state index contributed by atoms with van der Waals surface area (Å²) >= 11 is 0. The van der Waals surface area contributed by atoms with Crippen molar-refractivity contribution in [3.8, 4) is 5.75 Å². The summed E-state index contributed by atoms with van der Waals surface area (Å²) < 4.78 is 6.49. The molecule has 0 saturated carbocycles. The predicted octanol–water partition coefficient (Wildman–Crippen LogP) is 8.68. The molecule has 0 aliphatic carbocycles. The molecule has 7 nitrogen and oxygen atoms in total. The average Bonchev–Trinajstić information content (AvgIpc) is 3.14. The summed E-state index contributed by atoms with van der Waals surface area (Å²) in [4.78, 5) is 23.4. The van der Waals surface area contributed by atoms with E-state index in [1.807, 2.05) is 74.2 Å². The SMILES string of the molecule is C=Cc1ccc(COc2cc(CN(C/C(=C/C)N=CCC)Cc3ccccn3)cc(CN(Cc3ccccn3)Cc3ccccn3)c2)cc1. The van der Waals surface area contributed by atoms with Crippen molar-refractivity contribution in [1.29, 1.82) is 0 Å². The molecule has 250 valence electrons. The van der Waals surface area contributed by atoms with Crippen LogP contribution >= 0.6 is 0 Å². The van der Waals surface area contributed by atoms with Crippen molar-refractivity contribution in [2.24, 2.45) is 4.99 Å². The number of hydrogen-bond donors (Lipinski definition) is 0. The van der Waals surface area contributed by atoms with Crippen LogP contribution in [-0.2, 0) is 39.3 Å². The molecule has 0 N–H and O–H groups in total. The number of benzene rings is 2. The van der Waals surface area contributed by atoms with E-state index in [2.05, 4.69) is 105 Å². The molecule has 49 heavy (non-hydrogen) atoms. The lowest BCUT2D eigenvalue weighted by Gasteiger charge is -2.25. The van der Waals surface area contributed by atoms with Crippen molar-refractivity contribution in [2.75, 3.05) is 6.54 Å². The summed E-state index contributed by atoms with van der Waals surface area (Å²) in [6.07, 6.45) is 12.4. The molecule has 0 radical (unpaired) electrons. The van der Waals surface area contributed by atoms with Gasteiger partial charge in [-0.3, -0.25) is 29.7 Å². The zero-order valence-electron chi connectivity index (χ0n) is 28.7. The van der Waals surface area contributed by atoms with Gasteiger partial charge in [-0.15, -0.1) is 0 Å². The van der Waals surface area contributed by atoms with Gasteiger partial charge in [-0.1, -0.05) is 74.2 Å². The number of pyridine rings is 3. The minimum Gasteiger partial charge on any atom is -0.489 e. The standard InChI is InChI=1S/C42H46N6O/c1-4-20-43-38(6-3)29-47(30-39-13-7-10-21-44-39)27-36-24-37(26-42(25-36)49-33-35-18-16-34(5-2)17-19-35)28-48(31-40-14-8-11-22-45-40)32-41-15-9-12-23-46-41/h5-26H,2,4,27-33H2,1,3H3/b38-6-,43-20?. The monoisotopic (exact) mass is 650 g/mol. The van der Waals surface area contributed by atoms with Gasteiger partial charge in [0.15, 0.2) is 0 Å². The zero-order valence-corrected chi connectivity index (χ0v) is 28.7. The number of allylic oxidation sites excluding steroid dienone is 1. The Morgan fingerprint density at radius 1 is 0.694 bits per heavy atom. The second kappa shape index (κ2) is 18.9. The quantitative estimate of drug-likeness (QED) is 0.0885. The number of ether oxygens (including phenoxy) is 1. The van der Waals surface area contributed by atoms with Gasteiger partial charge in [-0.2, -0.15) is 0 Å². The molecule has 0 unspecified atom stereocenters. The fraction of sp³-hybridized carbons (Fsp3) is 0.238. The first kappa shape index (κ1) is 35.1. The molecule has 0 spiro atoms. The van der Waals surface area contributed by atoms with Crippen LogP contribution in [-0.4, -0.2) is 37.5 Å². The zero-order chi connectivity index (χ0) is 34.1. The Morgan fingerprint density at radius 2 is 1.24 bits per heavy atom. The molecule has 0 amide bonds. The van der Waals surface area contributed by atoms with Crippen LogP contribution in [0.4, 0.5) is 0 Å². The molecule has 5 rings (SSSR count). The third kappa shape index (κ3) is 11.7. The third-order valence-corrected chi connectivity index (χ3v) is 7.95. The minimum atomic E-state index is 0.470. The van der Waals surface area contributed by atoms with Gasteiger partial charge < -0.3 is 4.74 Å². The Bertz CT molecular complexity index is 1730. The lowest BCUT2D eigenvalue weighted by atomic mass is 10.1. The van der Waals surface area contributed by atoms with Crippen LogP contribution < -0.4 is 4.74 Å². The maximum Gasteiger partial charge on any atom is 0.120 e. The third-order valence-electron chi connectivity index (χ3n) is 7.95. The molecule has 0 bridgehead atoms.